The molecule has 4 heteroatoms. The Bertz CT molecular complexity index is 743. The fraction of sp³-hybridized carbons (Fsp3) is 0. The number of aromatic hydroxyl groups is 2. The van der Waals surface area contributed by atoms with Gasteiger partial charge in [0, 0.05) is 22.9 Å². The van der Waals surface area contributed by atoms with Crippen molar-refractivity contribution in [3.63, 3.8) is 0 Å². The molecular formula is C13H9NO3. The second-order valence-corrected chi connectivity index (χ2v) is 3.93. The maximum absolute atomic E-state index is 10.8. The van der Waals surface area contributed by atoms with Gasteiger partial charge < -0.3 is 15.2 Å². The lowest BCUT2D eigenvalue weighted by atomic mass is 10.1. The third-order valence-corrected chi connectivity index (χ3v) is 2.86. The molecule has 0 bridgehead atoms. The number of benzene rings is 2. The standard InChI is InChI=1S/C13H9NO3/c15-6-7-3-10-9-2-1-8(16)4-11(9)14-12(10)5-13(7)17/h1-6,14,16-17H. The molecule has 0 aliphatic heterocycles. The number of carbonyl (C=O) groups is 1. The van der Waals surface area contributed by atoms with Gasteiger partial charge in [0.2, 0.25) is 0 Å². The van der Waals surface area contributed by atoms with Gasteiger partial charge in [0.1, 0.15) is 11.5 Å². The zero-order chi connectivity index (χ0) is 12.0. The van der Waals surface area contributed by atoms with Crippen LogP contribution in [-0.4, -0.2) is 21.5 Å². The molecule has 1 aromatic heterocycles. The first-order valence-corrected chi connectivity index (χ1v) is 5.11. The highest BCUT2D eigenvalue weighted by molar-refractivity contribution is 6.09. The van der Waals surface area contributed by atoms with Crippen LogP contribution in [0.2, 0.25) is 0 Å². The van der Waals surface area contributed by atoms with Crippen molar-refractivity contribution in [3.05, 3.63) is 35.9 Å². The normalized spacial score (nSPS) is 11.1. The Kier molecular flexibility index (Phi) is 1.86. The van der Waals surface area contributed by atoms with Crippen molar-refractivity contribution < 1.29 is 15.0 Å². The van der Waals surface area contributed by atoms with Crippen molar-refractivity contribution in [1.82, 2.24) is 4.98 Å². The topological polar surface area (TPSA) is 73.3 Å². The minimum Gasteiger partial charge on any atom is -0.508 e. The second-order valence-electron chi connectivity index (χ2n) is 3.93. The van der Waals surface area contributed by atoms with Crippen LogP contribution in [0, 0.1) is 0 Å². The number of fused-ring (bicyclic) bond motifs is 3. The lowest BCUT2D eigenvalue weighted by molar-refractivity contribution is 0.112. The van der Waals surface area contributed by atoms with Crippen LogP contribution in [0.1, 0.15) is 10.4 Å². The Morgan fingerprint density at radius 1 is 1.00 bits per heavy atom. The van der Waals surface area contributed by atoms with Gasteiger partial charge in [-0.1, -0.05) is 0 Å². The fourth-order valence-corrected chi connectivity index (χ4v) is 2.04. The molecule has 17 heavy (non-hydrogen) atoms. The Balaban J connectivity index is 2.48. The van der Waals surface area contributed by atoms with Gasteiger partial charge in [-0.05, 0) is 18.2 Å². The van der Waals surface area contributed by atoms with Gasteiger partial charge in [-0.25, -0.2) is 0 Å². The van der Waals surface area contributed by atoms with E-state index in [4.69, 9.17) is 0 Å². The third kappa shape index (κ3) is 1.34. The smallest absolute Gasteiger partial charge is 0.153 e. The zero-order valence-electron chi connectivity index (χ0n) is 8.77. The molecular weight excluding hydrogens is 218 g/mol. The number of aromatic nitrogens is 1. The summed E-state index contributed by atoms with van der Waals surface area (Å²) in [6, 6.07) is 8.11. The van der Waals surface area contributed by atoms with Crippen molar-refractivity contribution in [2.75, 3.05) is 0 Å². The summed E-state index contributed by atoms with van der Waals surface area (Å²) in [7, 11) is 0. The number of aromatic amines is 1. The molecule has 0 aliphatic carbocycles. The van der Waals surface area contributed by atoms with E-state index < -0.39 is 0 Å². The number of rotatable bonds is 1. The van der Waals surface area contributed by atoms with Crippen LogP contribution >= 0.6 is 0 Å². The average molecular weight is 227 g/mol. The molecule has 0 spiro atoms. The van der Waals surface area contributed by atoms with Crippen LogP contribution in [0.4, 0.5) is 0 Å². The van der Waals surface area contributed by atoms with E-state index in [1.54, 1.807) is 24.3 Å². The maximum atomic E-state index is 10.8. The lowest BCUT2D eigenvalue weighted by Gasteiger charge is -1.97. The Morgan fingerprint density at radius 2 is 1.76 bits per heavy atom. The van der Waals surface area contributed by atoms with Crippen LogP contribution in [0.3, 0.4) is 0 Å². The Morgan fingerprint density at radius 3 is 2.53 bits per heavy atom. The summed E-state index contributed by atoms with van der Waals surface area (Å²) in [5, 5.41) is 20.7. The van der Waals surface area contributed by atoms with E-state index in [-0.39, 0.29) is 17.1 Å². The van der Waals surface area contributed by atoms with Crippen LogP contribution in [0.25, 0.3) is 21.8 Å². The molecule has 0 aliphatic rings. The van der Waals surface area contributed by atoms with Crippen molar-refractivity contribution in [1.29, 1.82) is 0 Å². The number of hydrogen-bond donors (Lipinski definition) is 3. The summed E-state index contributed by atoms with van der Waals surface area (Å²) < 4.78 is 0. The molecule has 3 aromatic rings. The summed E-state index contributed by atoms with van der Waals surface area (Å²) in [5.74, 6) is 0.118. The van der Waals surface area contributed by atoms with Crippen molar-refractivity contribution in [2.24, 2.45) is 0 Å². The van der Waals surface area contributed by atoms with Gasteiger partial charge >= 0.3 is 0 Å². The molecule has 4 nitrogen and oxygen atoms in total. The van der Waals surface area contributed by atoms with E-state index in [1.165, 1.54) is 6.07 Å². The quantitative estimate of drug-likeness (QED) is 0.559. The van der Waals surface area contributed by atoms with E-state index in [9.17, 15) is 15.0 Å². The molecule has 0 saturated carbocycles. The largest absolute Gasteiger partial charge is 0.508 e. The predicted octanol–water partition coefficient (Wildman–Crippen LogP) is 2.54. The molecule has 0 amide bonds. The summed E-state index contributed by atoms with van der Waals surface area (Å²) in [6.07, 6.45) is 0.619. The molecule has 84 valence electrons. The van der Waals surface area contributed by atoms with Crippen molar-refractivity contribution >= 4 is 28.1 Å². The van der Waals surface area contributed by atoms with E-state index in [0.717, 1.165) is 21.8 Å². The first-order valence-electron chi connectivity index (χ1n) is 5.11. The third-order valence-electron chi connectivity index (χ3n) is 2.86. The average Bonchev–Trinajstić information content (AvgIpc) is 2.63. The molecule has 0 fully saturated rings. The number of nitrogens with one attached hydrogen (secondary N) is 1. The summed E-state index contributed by atoms with van der Waals surface area (Å²) in [5.41, 5.74) is 1.75. The van der Waals surface area contributed by atoms with Crippen LogP contribution < -0.4 is 0 Å². The van der Waals surface area contributed by atoms with E-state index in [2.05, 4.69) is 4.98 Å². The van der Waals surface area contributed by atoms with Gasteiger partial charge in [-0.15, -0.1) is 0 Å². The van der Waals surface area contributed by atoms with Gasteiger partial charge in [-0.2, -0.15) is 0 Å². The molecule has 0 saturated heterocycles. The number of phenolic OH excluding ortho intramolecular Hbond substituents is 2. The van der Waals surface area contributed by atoms with E-state index in [1.807, 2.05) is 0 Å². The summed E-state index contributed by atoms with van der Waals surface area (Å²) in [4.78, 5) is 13.8. The number of carbonyl (C=O) groups excluding carboxylic acids is 1. The molecule has 3 rings (SSSR count). The van der Waals surface area contributed by atoms with Gasteiger partial charge in [0.05, 0.1) is 16.6 Å². The number of aldehydes is 1. The first-order chi connectivity index (χ1) is 8.19. The number of H-pyrrole nitrogens is 1. The van der Waals surface area contributed by atoms with Crippen molar-refractivity contribution in [3.8, 4) is 11.5 Å². The predicted molar refractivity (Wildman–Crippen MR) is 64.5 cm³/mol. The first kappa shape index (κ1) is 9.72. The summed E-state index contributed by atoms with van der Waals surface area (Å²) in [6.45, 7) is 0. The minimum absolute atomic E-state index is 0.0525. The SMILES string of the molecule is O=Cc1cc2c(cc1O)[nH]c1cc(O)ccc12. The van der Waals surface area contributed by atoms with Crippen LogP contribution in [0.5, 0.6) is 11.5 Å². The highest BCUT2D eigenvalue weighted by atomic mass is 16.3. The van der Waals surface area contributed by atoms with Gasteiger partial charge in [-0.3, -0.25) is 4.79 Å². The van der Waals surface area contributed by atoms with Crippen LogP contribution in [0.15, 0.2) is 30.3 Å². The van der Waals surface area contributed by atoms with Gasteiger partial charge in [0.25, 0.3) is 0 Å². The Labute approximate surface area is 96.1 Å². The Hall–Kier alpha value is -2.49. The zero-order valence-corrected chi connectivity index (χ0v) is 8.77. The maximum Gasteiger partial charge on any atom is 0.153 e. The number of hydrogen-bond acceptors (Lipinski definition) is 3. The summed E-state index contributed by atoms with van der Waals surface area (Å²) >= 11 is 0. The molecule has 0 radical (unpaired) electrons. The number of phenols is 2. The van der Waals surface area contributed by atoms with Crippen LogP contribution in [-0.2, 0) is 0 Å². The highest BCUT2D eigenvalue weighted by Gasteiger charge is 2.09. The molecule has 2 aromatic carbocycles. The highest BCUT2D eigenvalue weighted by Crippen LogP contribution is 2.31. The minimum atomic E-state index is -0.0525. The van der Waals surface area contributed by atoms with Gasteiger partial charge in [0.15, 0.2) is 6.29 Å². The van der Waals surface area contributed by atoms with E-state index >= 15 is 0 Å². The monoisotopic (exact) mass is 227 g/mol. The molecule has 3 N–H and O–H groups in total. The molecule has 1 heterocycles. The fourth-order valence-electron chi connectivity index (χ4n) is 2.04. The molecule has 0 unspecified atom stereocenters. The van der Waals surface area contributed by atoms with Crippen molar-refractivity contribution in [2.45, 2.75) is 0 Å². The second kappa shape index (κ2) is 3.25. The molecule has 0 atom stereocenters. The lowest BCUT2D eigenvalue weighted by Crippen LogP contribution is -1.80. The van der Waals surface area contributed by atoms with E-state index in [0.29, 0.717) is 6.29 Å².